The lowest BCUT2D eigenvalue weighted by molar-refractivity contribution is -0.139. The highest BCUT2D eigenvalue weighted by atomic mass is 35.5. The molecule has 0 aromatic heterocycles. The Balaban J connectivity index is 1.72. The number of hydrogen-bond acceptors (Lipinski definition) is 4. The van der Waals surface area contributed by atoms with Gasteiger partial charge in [-0.15, -0.1) is 11.8 Å². The van der Waals surface area contributed by atoms with E-state index in [-0.39, 0.29) is 35.2 Å². The van der Waals surface area contributed by atoms with Crippen molar-refractivity contribution in [3.8, 4) is 5.75 Å². The zero-order valence-corrected chi connectivity index (χ0v) is 21.3. The topological polar surface area (TPSA) is 58.6 Å². The minimum atomic E-state index is -0.576. The smallest absolute Gasteiger partial charge is 0.243 e. The monoisotopic (exact) mass is 506 g/mol. The summed E-state index contributed by atoms with van der Waals surface area (Å²) >= 11 is 7.42. The number of amides is 2. The fraction of sp³-hybridized carbons (Fsp3) is 0.462. The molecule has 2 amide bonds. The van der Waals surface area contributed by atoms with Crippen molar-refractivity contribution in [3.63, 3.8) is 0 Å². The lowest BCUT2D eigenvalue weighted by Crippen LogP contribution is -2.51. The number of carbonyl (C=O) groups is 2. The van der Waals surface area contributed by atoms with E-state index in [1.807, 2.05) is 31.2 Å². The fourth-order valence-corrected chi connectivity index (χ4v) is 5.46. The number of hydrogen-bond donors (Lipinski definition) is 1. The van der Waals surface area contributed by atoms with Crippen LogP contribution in [-0.4, -0.2) is 41.7 Å². The predicted molar refractivity (Wildman–Crippen MR) is 136 cm³/mol. The van der Waals surface area contributed by atoms with Crippen LogP contribution in [0, 0.1) is 5.82 Å². The van der Waals surface area contributed by atoms with Gasteiger partial charge in [0.15, 0.2) is 0 Å². The molecule has 34 heavy (non-hydrogen) atoms. The summed E-state index contributed by atoms with van der Waals surface area (Å²) < 4.78 is 19.3. The Labute approximate surface area is 210 Å². The molecule has 1 saturated carbocycles. The van der Waals surface area contributed by atoms with Gasteiger partial charge < -0.3 is 15.0 Å². The molecule has 0 spiro atoms. The molecule has 0 radical (unpaired) electrons. The molecule has 184 valence electrons. The first kappa shape index (κ1) is 26.4. The van der Waals surface area contributed by atoms with E-state index in [2.05, 4.69) is 5.32 Å². The zero-order chi connectivity index (χ0) is 24.5. The second-order valence-electron chi connectivity index (χ2n) is 8.48. The third-order valence-electron chi connectivity index (χ3n) is 6.13. The average Bonchev–Trinajstić information content (AvgIpc) is 3.34. The van der Waals surface area contributed by atoms with Crippen LogP contribution in [0.1, 0.15) is 50.2 Å². The van der Waals surface area contributed by atoms with E-state index in [9.17, 15) is 14.0 Å². The van der Waals surface area contributed by atoms with E-state index >= 15 is 0 Å². The summed E-state index contributed by atoms with van der Waals surface area (Å²) in [6.07, 6.45) is 4.70. The number of nitrogens with zero attached hydrogens (tertiary/aromatic N) is 1. The van der Waals surface area contributed by atoms with E-state index in [1.165, 1.54) is 17.8 Å². The van der Waals surface area contributed by atoms with Gasteiger partial charge in [0.2, 0.25) is 11.8 Å². The Bertz CT molecular complexity index is 947. The lowest BCUT2D eigenvalue weighted by atomic mass is 10.1. The first-order valence-corrected chi connectivity index (χ1v) is 13.2. The molecule has 8 heteroatoms. The Morgan fingerprint density at radius 3 is 2.53 bits per heavy atom. The first-order chi connectivity index (χ1) is 16.4. The molecule has 0 bridgehead atoms. The van der Waals surface area contributed by atoms with Gasteiger partial charge in [-0.1, -0.05) is 49.6 Å². The lowest BCUT2D eigenvalue weighted by Gasteiger charge is -2.31. The van der Waals surface area contributed by atoms with E-state index in [0.29, 0.717) is 23.6 Å². The second kappa shape index (κ2) is 13.0. The molecule has 1 aliphatic carbocycles. The van der Waals surface area contributed by atoms with E-state index in [1.54, 1.807) is 24.1 Å². The predicted octanol–water partition coefficient (Wildman–Crippen LogP) is 5.59. The van der Waals surface area contributed by atoms with Gasteiger partial charge in [-0.05, 0) is 49.1 Å². The molecule has 0 unspecified atom stereocenters. The highest BCUT2D eigenvalue weighted by molar-refractivity contribution is 7.99. The molecule has 5 nitrogen and oxygen atoms in total. The summed E-state index contributed by atoms with van der Waals surface area (Å²) in [7, 11) is 1.60. The van der Waals surface area contributed by atoms with E-state index in [4.69, 9.17) is 16.3 Å². The summed E-state index contributed by atoms with van der Waals surface area (Å²) in [4.78, 5) is 28.1. The minimum absolute atomic E-state index is 0.113. The summed E-state index contributed by atoms with van der Waals surface area (Å²) in [5, 5.41) is 3.48. The van der Waals surface area contributed by atoms with Crippen molar-refractivity contribution in [2.24, 2.45) is 0 Å². The number of ether oxygens (including phenoxy) is 1. The molecule has 1 aliphatic rings. The summed E-state index contributed by atoms with van der Waals surface area (Å²) in [5.74, 6) is 0.460. The fourth-order valence-electron chi connectivity index (χ4n) is 4.21. The van der Waals surface area contributed by atoms with Crippen LogP contribution < -0.4 is 10.1 Å². The molecule has 2 aromatic rings. The highest BCUT2D eigenvalue weighted by Gasteiger charge is 2.30. The van der Waals surface area contributed by atoms with Crippen molar-refractivity contribution in [2.45, 2.75) is 63.4 Å². The van der Waals surface area contributed by atoms with Crippen molar-refractivity contribution in [1.29, 1.82) is 0 Å². The van der Waals surface area contributed by atoms with Crippen molar-refractivity contribution < 1.29 is 18.7 Å². The van der Waals surface area contributed by atoms with Gasteiger partial charge in [-0.25, -0.2) is 4.39 Å². The van der Waals surface area contributed by atoms with Gasteiger partial charge in [0.1, 0.15) is 17.6 Å². The van der Waals surface area contributed by atoms with Crippen LogP contribution in [0.4, 0.5) is 4.39 Å². The van der Waals surface area contributed by atoms with Gasteiger partial charge in [0.25, 0.3) is 0 Å². The highest BCUT2D eigenvalue weighted by Crippen LogP contribution is 2.25. The second-order valence-corrected chi connectivity index (χ2v) is 9.87. The maximum Gasteiger partial charge on any atom is 0.243 e. The SMILES string of the molecule is CC[C@@H](C(=O)NC1CCCC1)N(Cc1ccc(OC)cc1)C(=O)CSCc1c(F)cccc1Cl. The average molecular weight is 507 g/mol. The zero-order valence-electron chi connectivity index (χ0n) is 19.7. The Hall–Kier alpha value is -2.25. The third kappa shape index (κ3) is 7.12. The van der Waals surface area contributed by atoms with Crippen molar-refractivity contribution in [2.75, 3.05) is 12.9 Å². The number of nitrogens with one attached hydrogen (secondary N) is 1. The minimum Gasteiger partial charge on any atom is -0.497 e. The Morgan fingerprint density at radius 2 is 1.91 bits per heavy atom. The third-order valence-corrected chi connectivity index (χ3v) is 7.43. The van der Waals surface area contributed by atoms with Gasteiger partial charge >= 0.3 is 0 Å². The van der Waals surface area contributed by atoms with Crippen LogP contribution in [0.3, 0.4) is 0 Å². The molecule has 0 saturated heterocycles. The van der Waals surface area contributed by atoms with Gasteiger partial charge in [0.05, 0.1) is 12.9 Å². The van der Waals surface area contributed by atoms with Gasteiger partial charge in [-0.2, -0.15) is 0 Å². The summed E-state index contributed by atoms with van der Waals surface area (Å²) in [6, 6.07) is 11.6. The number of methoxy groups -OCH3 is 1. The van der Waals surface area contributed by atoms with Crippen molar-refractivity contribution >= 4 is 35.2 Å². The maximum absolute atomic E-state index is 14.1. The largest absolute Gasteiger partial charge is 0.497 e. The number of benzene rings is 2. The molecule has 0 heterocycles. The molecule has 1 N–H and O–H groups in total. The van der Waals surface area contributed by atoms with E-state index in [0.717, 1.165) is 37.0 Å². The van der Waals surface area contributed by atoms with Crippen molar-refractivity contribution in [1.82, 2.24) is 10.2 Å². The molecular weight excluding hydrogens is 475 g/mol. The van der Waals surface area contributed by atoms with Crippen LogP contribution in [0.2, 0.25) is 5.02 Å². The molecule has 3 rings (SSSR count). The number of carbonyl (C=O) groups excluding carboxylic acids is 2. The van der Waals surface area contributed by atoms with Crippen LogP contribution in [0.25, 0.3) is 0 Å². The molecule has 1 fully saturated rings. The molecule has 2 aromatic carbocycles. The van der Waals surface area contributed by atoms with Crippen LogP contribution >= 0.6 is 23.4 Å². The summed E-state index contributed by atoms with van der Waals surface area (Å²) in [5.41, 5.74) is 1.29. The normalized spacial score (nSPS) is 14.6. The van der Waals surface area contributed by atoms with E-state index < -0.39 is 6.04 Å². The standard InChI is InChI=1S/C26H32ClFN2O3S/c1-3-24(26(32)29-19-7-4-5-8-19)30(15-18-11-13-20(33-2)14-12-18)25(31)17-34-16-21-22(27)9-6-10-23(21)28/h6,9-14,19,24H,3-5,7-8,15-17H2,1-2H3,(H,29,32)/t24-/m0/s1. The number of thioether (sulfide) groups is 1. The quantitative estimate of drug-likeness (QED) is 0.432. The molecule has 1 atom stereocenters. The number of rotatable bonds is 11. The molecule has 0 aliphatic heterocycles. The van der Waals surface area contributed by atoms with Crippen LogP contribution in [0.5, 0.6) is 5.75 Å². The Morgan fingerprint density at radius 1 is 1.21 bits per heavy atom. The maximum atomic E-state index is 14.1. The van der Waals surface area contributed by atoms with Crippen molar-refractivity contribution in [3.05, 3.63) is 64.4 Å². The number of halogens is 2. The Kier molecular flexibility index (Phi) is 10.1. The van der Waals surface area contributed by atoms with Crippen LogP contribution in [-0.2, 0) is 21.9 Å². The van der Waals surface area contributed by atoms with Gasteiger partial charge in [0, 0.05) is 28.9 Å². The first-order valence-electron chi connectivity index (χ1n) is 11.7. The van der Waals surface area contributed by atoms with Gasteiger partial charge in [-0.3, -0.25) is 9.59 Å². The summed E-state index contributed by atoms with van der Waals surface area (Å²) in [6.45, 7) is 2.22. The molecular formula is C26H32ClFN2O3S. The van der Waals surface area contributed by atoms with Crippen LogP contribution in [0.15, 0.2) is 42.5 Å².